The normalized spacial score (nSPS) is 15.6. The predicted octanol–water partition coefficient (Wildman–Crippen LogP) is 2.17. The molecule has 0 spiro atoms. The summed E-state index contributed by atoms with van der Waals surface area (Å²) in [5.74, 6) is -0.381. The van der Waals surface area contributed by atoms with E-state index in [1.165, 1.54) is 0 Å². The monoisotopic (exact) mass is 342 g/mol. The number of carbonyl (C=O) groups is 2. The zero-order chi connectivity index (χ0) is 18.0. The van der Waals surface area contributed by atoms with E-state index in [9.17, 15) is 14.4 Å². The van der Waals surface area contributed by atoms with Crippen LogP contribution in [0.15, 0.2) is 39.5 Å². The number of carbonyl (C=O) groups excluding carboxylic acids is 2. The van der Waals surface area contributed by atoms with Crippen molar-refractivity contribution in [2.45, 2.75) is 32.7 Å². The van der Waals surface area contributed by atoms with Crippen molar-refractivity contribution >= 4 is 22.8 Å². The van der Waals surface area contributed by atoms with Gasteiger partial charge in [0, 0.05) is 30.4 Å². The summed E-state index contributed by atoms with van der Waals surface area (Å²) in [4.78, 5) is 38.5. The number of hydrogen-bond acceptors (Lipinski definition) is 4. The first kappa shape index (κ1) is 17.2. The van der Waals surface area contributed by atoms with Crippen LogP contribution >= 0.6 is 0 Å². The summed E-state index contributed by atoms with van der Waals surface area (Å²) < 4.78 is 5.24. The Morgan fingerprint density at radius 3 is 2.56 bits per heavy atom. The highest BCUT2D eigenvalue weighted by Crippen LogP contribution is 2.20. The number of fused-ring (bicyclic) bond motifs is 1. The van der Waals surface area contributed by atoms with Crippen LogP contribution in [0.5, 0.6) is 0 Å². The first-order valence-corrected chi connectivity index (χ1v) is 8.58. The van der Waals surface area contributed by atoms with Crippen LogP contribution in [0.25, 0.3) is 11.0 Å². The van der Waals surface area contributed by atoms with E-state index in [0.29, 0.717) is 31.5 Å². The van der Waals surface area contributed by atoms with Gasteiger partial charge in [0.1, 0.15) is 11.1 Å². The van der Waals surface area contributed by atoms with Gasteiger partial charge in [-0.3, -0.25) is 9.59 Å². The summed E-state index contributed by atoms with van der Waals surface area (Å²) in [6, 6.07) is 8.80. The predicted molar refractivity (Wildman–Crippen MR) is 94.4 cm³/mol. The van der Waals surface area contributed by atoms with E-state index in [0.717, 1.165) is 5.39 Å². The molecule has 0 radical (unpaired) electrons. The molecule has 2 amide bonds. The van der Waals surface area contributed by atoms with E-state index in [4.69, 9.17) is 4.42 Å². The van der Waals surface area contributed by atoms with Gasteiger partial charge in [-0.15, -0.1) is 0 Å². The molecular formula is C19H22N2O4. The fraction of sp³-hybridized carbons (Fsp3) is 0.421. The average Bonchev–Trinajstić information content (AvgIpc) is 2.60. The Balaban J connectivity index is 1.72. The second kappa shape index (κ2) is 7.09. The molecule has 0 unspecified atom stereocenters. The van der Waals surface area contributed by atoms with Crippen molar-refractivity contribution in [1.29, 1.82) is 0 Å². The van der Waals surface area contributed by atoms with E-state index in [2.05, 4.69) is 5.32 Å². The van der Waals surface area contributed by atoms with Gasteiger partial charge in [-0.05, 0) is 38.8 Å². The first-order valence-electron chi connectivity index (χ1n) is 8.58. The lowest BCUT2D eigenvalue weighted by molar-refractivity contribution is -0.126. The number of benzene rings is 1. The molecule has 132 valence electrons. The Bertz CT molecular complexity index is 848. The van der Waals surface area contributed by atoms with Gasteiger partial charge in [0.15, 0.2) is 0 Å². The molecule has 1 aromatic heterocycles. The minimum Gasteiger partial charge on any atom is -0.422 e. The summed E-state index contributed by atoms with van der Waals surface area (Å²) in [7, 11) is 0. The topological polar surface area (TPSA) is 79.6 Å². The fourth-order valence-electron chi connectivity index (χ4n) is 3.13. The largest absolute Gasteiger partial charge is 0.422 e. The molecule has 1 aromatic carbocycles. The van der Waals surface area contributed by atoms with E-state index in [1.807, 2.05) is 19.9 Å². The Hall–Kier alpha value is -2.63. The Labute approximate surface area is 145 Å². The van der Waals surface area contributed by atoms with Crippen molar-refractivity contribution in [3.8, 4) is 0 Å². The highest BCUT2D eigenvalue weighted by Gasteiger charge is 2.29. The number of para-hydroxylation sites is 1. The number of amides is 2. The highest BCUT2D eigenvalue weighted by molar-refractivity contribution is 5.96. The molecule has 0 bridgehead atoms. The van der Waals surface area contributed by atoms with Crippen LogP contribution in [-0.4, -0.2) is 35.8 Å². The maximum atomic E-state index is 12.7. The lowest BCUT2D eigenvalue weighted by atomic mass is 9.95. The third-order valence-electron chi connectivity index (χ3n) is 4.46. The molecule has 1 saturated heterocycles. The fourth-order valence-corrected chi connectivity index (χ4v) is 3.13. The zero-order valence-corrected chi connectivity index (χ0v) is 14.5. The first-order chi connectivity index (χ1) is 12.0. The van der Waals surface area contributed by atoms with Crippen molar-refractivity contribution in [3.63, 3.8) is 0 Å². The Kier molecular flexibility index (Phi) is 4.88. The quantitative estimate of drug-likeness (QED) is 0.867. The van der Waals surface area contributed by atoms with Gasteiger partial charge in [-0.2, -0.15) is 0 Å². The van der Waals surface area contributed by atoms with Gasteiger partial charge in [0.05, 0.1) is 0 Å². The van der Waals surface area contributed by atoms with Crippen LogP contribution < -0.4 is 10.9 Å². The van der Waals surface area contributed by atoms with Crippen LogP contribution in [-0.2, 0) is 4.79 Å². The number of nitrogens with zero attached hydrogens (tertiary/aromatic N) is 1. The number of rotatable bonds is 3. The van der Waals surface area contributed by atoms with Gasteiger partial charge in [0.25, 0.3) is 5.91 Å². The zero-order valence-electron chi connectivity index (χ0n) is 14.5. The second-order valence-corrected chi connectivity index (χ2v) is 6.72. The Morgan fingerprint density at radius 1 is 1.20 bits per heavy atom. The van der Waals surface area contributed by atoms with Gasteiger partial charge < -0.3 is 14.6 Å². The van der Waals surface area contributed by atoms with E-state index >= 15 is 0 Å². The summed E-state index contributed by atoms with van der Waals surface area (Å²) in [5, 5.41) is 3.63. The second-order valence-electron chi connectivity index (χ2n) is 6.72. The molecule has 6 nitrogen and oxygen atoms in total. The van der Waals surface area contributed by atoms with Gasteiger partial charge in [-0.1, -0.05) is 18.2 Å². The van der Waals surface area contributed by atoms with Gasteiger partial charge in [0.2, 0.25) is 5.91 Å². The number of likely N-dealkylation sites (tertiary alicyclic amines) is 1. The van der Waals surface area contributed by atoms with E-state index < -0.39 is 5.63 Å². The van der Waals surface area contributed by atoms with Crippen molar-refractivity contribution in [2.75, 3.05) is 13.1 Å². The van der Waals surface area contributed by atoms with Crippen LogP contribution in [0, 0.1) is 5.92 Å². The molecule has 1 fully saturated rings. The van der Waals surface area contributed by atoms with E-state index in [-0.39, 0.29) is 29.3 Å². The van der Waals surface area contributed by atoms with Crippen LogP contribution in [0.3, 0.4) is 0 Å². The lowest BCUT2D eigenvalue weighted by Gasteiger charge is -2.31. The molecular weight excluding hydrogens is 320 g/mol. The molecule has 1 aliphatic heterocycles. The lowest BCUT2D eigenvalue weighted by Crippen LogP contribution is -2.45. The molecule has 1 N–H and O–H groups in total. The maximum absolute atomic E-state index is 12.7. The SMILES string of the molecule is CC(C)NC(=O)C1CCN(C(=O)c2cc3ccccc3oc2=O)CC1. The van der Waals surface area contributed by atoms with Crippen molar-refractivity contribution < 1.29 is 14.0 Å². The smallest absolute Gasteiger partial charge is 0.349 e. The summed E-state index contributed by atoms with van der Waals surface area (Å²) in [6.45, 7) is 4.77. The molecule has 1 aliphatic rings. The molecule has 0 atom stereocenters. The number of nitrogens with one attached hydrogen (secondary N) is 1. The maximum Gasteiger partial charge on any atom is 0.349 e. The summed E-state index contributed by atoms with van der Waals surface area (Å²) in [6.07, 6.45) is 1.20. The van der Waals surface area contributed by atoms with Crippen LogP contribution in [0.2, 0.25) is 0 Å². The molecule has 0 aliphatic carbocycles. The molecule has 2 aromatic rings. The average molecular weight is 342 g/mol. The van der Waals surface area contributed by atoms with Crippen LogP contribution in [0.1, 0.15) is 37.0 Å². The third-order valence-corrected chi connectivity index (χ3v) is 4.46. The van der Waals surface area contributed by atoms with E-state index in [1.54, 1.807) is 29.2 Å². The summed E-state index contributed by atoms with van der Waals surface area (Å²) >= 11 is 0. The Morgan fingerprint density at radius 2 is 1.88 bits per heavy atom. The number of piperidine rings is 1. The third kappa shape index (κ3) is 3.73. The molecule has 6 heteroatoms. The molecule has 0 saturated carbocycles. The standard InChI is InChI=1S/C19H22N2O4/c1-12(2)20-17(22)13-7-9-21(10-8-13)18(23)15-11-14-5-3-4-6-16(14)25-19(15)24/h3-6,11-13H,7-10H2,1-2H3,(H,20,22). The van der Waals surface area contributed by atoms with Crippen molar-refractivity contribution in [3.05, 3.63) is 46.3 Å². The highest BCUT2D eigenvalue weighted by atomic mass is 16.4. The molecule has 3 rings (SSSR count). The summed E-state index contributed by atoms with van der Waals surface area (Å²) in [5.41, 5.74) is -0.111. The van der Waals surface area contributed by atoms with Gasteiger partial charge >= 0.3 is 5.63 Å². The molecule has 2 heterocycles. The van der Waals surface area contributed by atoms with Crippen LogP contribution in [0.4, 0.5) is 0 Å². The number of hydrogen-bond donors (Lipinski definition) is 1. The molecule has 25 heavy (non-hydrogen) atoms. The minimum atomic E-state index is -0.622. The van der Waals surface area contributed by atoms with Crippen molar-refractivity contribution in [2.24, 2.45) is 5.92 Å². The minimum absolute atomic E-state index is 0.0346. The van der Waals surface area contributed by atoms with Gasteiger partial charge in [-0.25, -0.2) is 4.79 Å². The van der Waals surface area contributed by atoms with Crippen molar-refractivity contribution in [1.82, 2.24) is 10.2 Å².